The van der Waals surface area contributed by atoms with Crippen molar-refractivity contribution in [3.8, 4) is 17.3 Å². The van der Waals surface area contributed by atoms with Gasteiger partial charge in [-0.1, -0.05) is 36.4 Å². The largest absolute Gasteiger partial charge is 0.489 e. The van der Waals surface area contributed by atoms with Gasteiger partial charge in [-0.05, 0) is 54.1 Å². The van der Waals surface area contributed by atoms with Crippen LogP contribution in [0.25, 0.3) is 33.5 Å². The number of H-pyrrole nitrogens is 2. The summed E-state index contributed by atoms with van der Waals surface area (Å²) in [5.41, 5.74) is 5.97. The molecule has 188 valence electrons. The SMILES string of the molecule is c1ccc(COc2ccc3[nH]nc(-c4nc5ccc(N6CCN(c7ccccn7)CC6)cc5[nH]4)c3c2)cc1. The summed E-state index contributed by atoms with van der Waals surface area (Å²) in [6.45, 7) is 4.29. The molecule has 0 saturated carbocycles. The molecule has 0 bridgehead atoms. The molecule has 7 rings (SSSR count). The highest BCUT2D eigenvalue weighted by molar-refractivity contribution is 5.94. The number of imidazole rings is 1. The minimum Gasteiger partial charge on any atom is -0.489 e. The lowest BCUT2D eigenvalue weighted by molar-refractivity contribution is 0.306. The van der Waals surface area contributed by atoms with Gasteiger partial charge in [0.1, 0.15) is 23.9 Å². The predicted octanol–water partition coefficient (Wildman–Crippen LogP) is 5.41. The van der Waals surface area contributed by atoms with Gasteiger partial charge in [0.05, 0.1) is 16.6 Å². The minimum absolute atomic E-state index is 0.517. The number of benzene rings is 3. The number of nitrogens with one attached hydrogen (secondary N) is 2. The average Bonchev–Trinajstić information content (AvgIpc) is 3.60. The van der Waals surface area contributed by atoms with Crippen LogP contribution in [-0.2, 0) is 6.61 Å². The van der Waals surface area contributed by atoms with Gasteiger partial charge in [0.15, 0.2) is 5.82 Å². The third kappa shape index (κ3) is 4.30. The fraction of sp³-hybridized carbons (Fsp3) is 0.167. The molecule has 3 aromatic heterocycles. The van der Waals surface area contributed by atoms with E-state index in [9.17, 15) is 0 Å². The molecule has 0 spiro atoms. The lowest BCUT2D eigenvalue weighted by Crippen LogP contribution is -2.46. The average molecular weight is 502 g/mol. The van der Waals surface area contributed by atoms with Gasteiger partial charge in [-0.15, -0.1) is 0 Å². The molecule has 0 unspecified atom stereocenters. The van der Waals surface area contributed by atoms with Crippen LogP contribution in [0.5, 0.6) is 5.75 Å². The molecule has 8 nitrogen and oxygen atoms in total. The quantitative estimate of drug-likeness (QED) is 0.318. The van der Waals surface area contributed by atoms with Crippen molar-refractivity contribution in [3.05, 3.63) is 96.7 Å². The van der Waals surface area contributed by atoms with Crippen molar-refractivity contribution in [3.63, 3.8) is 0 Å². The van der Waals surface area contributed by atoms with Crippen LogP contribution >= 0.6 is 0 Å². The topological polar surface area (TPSA) is 86.0 Å². The van der Waals surface area contributed by atoms with E-state index in [1.807, 2.05) is 54.7 Å². The number of ether oxygens (including phenoxy) is 1. The number of hydrogen-bond donors (Lipinski definition) is 2. The van der Waals surface area contributed by atoms with E-state index >= 15 is 0 Å². The smallest absolute Gasteiger partial charge is 0.159 e. The molecular weight excluding hydrogens is 474 g/mol. The van der Waals surface area contributed by atoms with Crippen LogP contribution in [0.4, 0.5) is 11.5 Å². The zero-order chi connectivity index (χ0) is 25.3. The molecule has 2 N–H and O–H groups in total. The lowest BCUT2D eigenvalue weighted by Gasteiger charge is -2.36. The Morgan fingerprint density at radius 1 is 0.789 bits per heavy atom. The maximum atomic E-state index is 6.05. The van der Waals surface area contributed by atoms with Crippen LogP contribution in [0.1, 0.15) is 5.56 Å². The molecule has 4 heterocycles. The van der Waals surface area contributed by atoms with Crippen LogP contribution in [-0.4, -0.2) is 51.3 Å². The van der Waals surface area contributed by atoms with Gasteiger partial charge in [-0.25, -0.2) is 9.97 Å². The van der Waals surface area contributed by atoms with E-state index in [0.29, 0.717) is 6.61 Å². The Kier molecular flexibility index (Phi) is 5.62. The number of aromatic nitrogens is 5. The molecule has 38 heavy (non-hydrogen) atoms. The fourth-order valence-electron chi connectivity index (χ4n) is 5.05. The van der Waals surface area contributed by atoms with Gasteiger partial charge in [0.2, 0.25) is 0 Å². The van der Waals surface area contributed by atoms with Gasteiger partial charge in [0, 0.05) is 43.4 Å². The summed E-state index contributed by atoms with van der Waals surface area (Å²) < 4.78 is 6.05. The first-order chi connectivity index (χ1) is 18.8. The third-order valence-corrected chi connectivity index (χ3v) is 7.09. The van der Waals surface area contributed by atoms with E-state index in [0.717, 1.165) is 76.8 Å². The van der Waals surface area contributed by atoms with Crippen LogP contribution in [0.15, 0.2) is 91.1 Å². The maximum absolute atomic E-state index is 6.05. The molecule has 8 heteroatoms. The molecule has 0 atom stereocenters. The molecule has 1 aliphatic heterocycles. The minimum atomic E-state index is 0.517. The van der Waals surface area contributed by atoms with Crippen molar-refractivity contribution in [2.24, 2.45) is 0 Å². The van der Waals surface area contributed by atoms with E-state index in [1.54, 1.807) is 0 Å². The molecular formula is C30H27N7O. The fourth-order valence-corrected chi connectivity index (χ4v) is 5.05. The number of pyridine rings is 1. The Bertz CT molecular complexity index is 1690. The molecule has 0 amide bonds. The standard InChI is InChI=1S/C30H27N7O/c1-2-6-21(7-3-1)20-38-23-10-12-25-24(19-23)29(35-34-25)30-32-26-11-9-22(18-27(26)33-30)36-14-16-37(17-15-36)28-8-4-5-13-31-28/h1-13,18-19H,14-17,20H2,(H,32,33)(H,34,35). The Hall–Kier alpha value is -4.85. The number of hydrogen-bond acceptors (Lipinski definition) is 6. The zero-order valence-electron chi connectivity index (χ0n) is 20.8. The Balaban J connectivity index is 1.11. The van der Waals surface area contributed by atoms with Gasteiger partial charge < -0.3 is 19.5 Å². The Labute approximate surface area is 219 Å². The summed E-state index contributed by atoms with van der Waals surface area (Å²) >= 11 is 0. The highest BCUT2D eigenvalue weighted by Crippen LogP contribution is 2.31. The summed E-state index contributed by atoms with van der Waals surface area (Å²) in [6, 6.07) is 28.6. The second-order valence-corrected chi connectivity index (χ2v) is 9.50. The first kappa shape index (κ1) is 22.4. The number of rotatable bonds is 6. The van der Waals surface area contributed by atoms with Gasteiger partial charge >= 0.3 is 0 Å². The van der Waals surface area contributed by atoms with E-state index < -0.39 is 0 Å². The summed E-state index contributed by atoms with van der Waals surface area (Å²) in [4.78, 5) is 17.6. The monoisotopic (exact) mass is 501 g/mol. The summed E-state index contributed by atoms with van der Waals surface area (Å²) in [5.74, 6) is 2.58. The van der Waals surface area contributed by atoms with Gasteiger partial charge in [-0.3, -0.25) is 5.10 Å². The highest BCUT2D eigenvalue weighted by Gasteiger charge is 2.19. The van der Waals surface area contributed by atoms with E-state index in [4.69, 9.17) is 9.72 Å². The summed E-state index contributed by atoms with van der Waals surface area (Å²) in [5, 5.41) is 8.68. The first-order valence-electron chi connectivity index (χ1n) is 12.9. The van der Waals surface area contributed by atoms with Crippen LogP contribution in [0, 0.1) is 0 Å². The van der Waals surface area contributed by atoms with Crippen molar-refractivity contribution in [2.45, 2.75) is 6.61 Å². The number of fused-ring (bicyclic) bond motifs is 2. The van der Waals surface area contributed by atoms with Crippen LogP contribution in [0.3, 0.4) is 0 Å². The first-order valence-corrected chi connectivity index (χ1v) is 12.9. The number of piperazine rings is 1. The number of nitrogens with zero attached hydrogens (tertiary/aromatic N) is 5. The summed E-state index contributed by atoms with van der Waals surface area (Å²) in [7, 11) is 0. The summed E-state index contributed by atoms with van der Waals surface area (Å²) in [6.07, 6.45) is 1.85. The molecule has 1 saturated heterocycles. The van der Waals surface area contributed by atoms with Crippen molar-refractivity contribution in [1.82, 2.24) is 25.1 Å². The van der Waals surface area contributed by atoms with Crippen LogP contribution < -0.4 is 14.5 Å². The number of aromatic amines is 2. The van der Waals surface area contributed by atoms with E-state index in [-0.39, 0.29) is 0 Å². The highest BCUT2D eigenvalue weighted by atomic mass is 16.5. The van der Waals surface area contributed by atoms with Gasteiger partial charge in [-0.2, -0.15) is 5.10 Å². The van der Waals surface area contributed by atoms with Crippen molar-refractivity contribution in [1.29, 1.82) is 0 Å². The van der Waals surface area contributed by atoms with Gasteiger partial charge in [0.25, 0.3) is 0 Å². The molecule has 6 aromatic rings. The second-order valence-electron chi connectivity index (χ2n) is 9.50. The molecule has 0 aliphatic carbocycles. The zero-order valence-corrected chi connectivity index (χ0v) is 20.8. The molecule has 3 aromatic carbocycles. The third-order valence-electron chi connectivity index (χ3n) is 7.09. The maximum Gasteiger partial charge on any atom is 0.159 e. The molecule has 0 radical (unpaired) electrons. The Morgan fingerprint density at radius 3 is 2.47 bits per heavy atom. The second kappa shape index (κ2) is 9.55. The van der Waals surface area contributed by atoms with E-state index in [2.05, 4.69) is 66.4 Å². The number of anilines is 2. The van der Waals surface area contributed by atoms with Crippen molar-refractivity contribution >= 4 is 33.4 Å². The molecule has 1 aliphatic rings. The Morgan fingerprint density at radius 2 is 1.63 bits per heavy atom. The van der Waals surface area contributed by atoms with Crippen LogP contribution in [0.2, 0.25) is 0 Å². The predicted molar refractivity (Wildman–Crippen MR) is 151 cm³/mol. The lowest BCUT2D eigenvalue weighted by atomic mass is 10.2. The van der Waals surface area contributed by atoms with E-state index in [1.165, 1.54) is 5.69 Å². The normalized spacial score (nSPS) is 13.9. The van der Waals surface area contributed by atoms with Crippen molar-refractivity contribution < 1.29 is 4.74 Å². The van der Waals surface area contributed by atoms with Crippen molar-refractivity contribution in [2.75, 3.05) is 36.0 Å². The molecule has 1 fully saturated rings.